The van der Waals surface area contributed by atoms with E-state index < -0.39 is 0 Å². The molecule has 0 radical (unpaired) electrons. The molecule has 1 heterocycles. The van der Waals surface area contributed by atoms with Gasteiger partial charge in [0.15, 0.2) is 5.13 Å². The van der Waals surface area contributed by atoms with Gasteiger partial charge in [-0.2, -0.15) is 0 Å². The lowest BCUT2D eigenvalue weighted by molar-refractivity contribution is 0.117. The van der Waals surface area contributed by atoms with Gasteiger partial charge in [-0.3, -0.25) is 0 Å². The van der Waals surface area contributed by atoms with Crippen molar-refractivity contribution in [3.05, 3.63) is 11.1 Å². The summed E-state index contributed by atoms with van der Waals surface area (Å²) in [5.74, 6) is 0.962. The Labute approximate surface area is 94.9 Å². The molecular formula is C11H18N2OS. The van der Waals surface area contributed by atoms with Crippen molar-refractivity contribution in [1.29, 1.82) is 0 Å². The number of nitrogens with zero attached hydrogens (tertiary/aromatic N) is 1. The lowest BCUT2D eigenvalue weighted by atomic mass is 10.3. The predicted molar refractivity (Wildman–Crippen MR) is 63.3 cm³/mol. The fourth-order valence-corrected chi connectivity index (χ4v) is 2.25. The van der Waals surface area contributed by atoms with E-state index in [1.807, 2.05) is 6.20 Å². The van der Waals surface area contributed by atoms with Crippen molar-refractivity contribution in [2.24, 2.45) is 5.92 Å². The van der Waals surface area contributed by atoms with Crippen molar-refractivity contribution in [1.82, 2.24) is 4.98 Å². The zero-order valence-electron chi connectivity index (χ0n) is 9.16. The molecule has 84 valence electrons. The quantitative estimate of drug-likeness (QED) is 0.726. The van der Waals surface area contributed by atoms with Gasteiger partial charge in [-0.15, -0.1) is 0 Å². The summed E-state index contributed by atoms with van der Waals surface area (Å²) in [5, 5.41) is 4.20. The average Bonchev–Trinajstić information content (AvgIpc) is 2.95. The van der Waals surface area contributed by atoms with Crippen LogP contribution in [0.15, 0.2) is 6.20 Å². The molecule has 0 aliphatic heterocycles. The monoisotopic (exact) mass is 226 g/mol. The molecule has 1 aromatic rings. The Morgan fingerprint density at radius 3 is 3.20 bits per heavy atom. The number of anilines is 1. The van der Waals surface area contributed by atoms with Crippen LogP contribution >= 0.6 is 11.3 Å². The second-order valence-electron chi connectivity index (χ2n) is 3.95. The molecule has 0 amide bonds. The maximum Gasteiger partial charge on any atom is 0.182 e. The molecule has 1 aliphatic carbocycles. The van der Waals surface area contributed by atoms with Crippen molar-refractivity contribution in [3.63, 3.8) is 0 Å². The number of ether oxygens (including phenoxy) is 1. The minimum absolute atomic E-state index is 0.718. The molecule has 1 aliphatic rings. The highest BCUT2D eigenvalue weighted by molar-refractivity contribution is 7.15. The number of thiazole rings is 1. The summed E-state index contributed by atoms with van der Waals surface area (Å²) in [7, 11) is 0. The van der Waals surface area contributed by atoms with Gasteiger partial charge >= 0.3 is 0 Å². The third-order valence-electron chi connectivity index (χ3n) is 2.49. The molecule has 2 rings (SSSR count). The van der Waals surface area contributed by atoms with E-state index in [9.17, 15) is 0 Å². The highest BCUT2D eigenvalue weighted by Gasteiger charge is 2.20. The summed E-state index contributed by atoms with van der Waals surface area (Å²) < 4.78 is 5.60. The predicted octanol–water partition coefficient (Wildman–Crippen LogP) is 2.89. The van der Waals surface area contributed by atoms with Crippen molar-refractivity contribution in [3.8, 4) is 0 Å². The summed E-state index contributed by atoms with van der Waals surface area (Å²) in [6.45, 7) is 4.62. The smallest absolute Gasteiger partial charge is 0.182 e. The summed E-state index contributed by atoms with van der Waals surface area (Å²) in [6.07, 6.45) is 5.96. The Hall–Kier alpha value is -0.610. The van der Waals surface area contributed by atoms with E-state index in [-0.39, 0.29) is 0 Å². The topological polar surface area (TPSA) is 34.2 Å². The molecule has 0 spiro atoms. The number of nitrogens with one attached hydrogen (secondary N) is 1. The molecule has 0 aromatic carbocycles. The van der Waals surface area contributed by atoms with E-state index in [4.69, 9.17) is 4.74 Å². The molecule has 1 aromatic heterocycles. The molecule has 0 atom stereocenters. The van der Waals surface area contributed by atoms with Gasteiger partial charge in [-0.25, -0.2) is 4.98 Å². The standard InChI is InChI=1S/C11H18N2OS/c1-2-12-11-13-7-10(15-11)8-14-6-5-9-3-4-9/h7,9H,2-6,8H2,1H3,(H,12,13). The summed E-state index contributed by atoms with van der Waals surface area (Å²) in [4.78, 5) is 5.47. The molecule has 15 heavy (non-hydrogen) atoms. The maximum atomic E-state index is 5.60. The van der Waals surface area contributed by atoms with E-state index in [1.165, 1.54) is 24.1 Å². The van der Waals surface area contributed by atoms with Gasteiger partial charge in [0.25, 0.3) is 0 Å². The first-order valence-corrected chi connectivity index (χ1v) is 6.46. The van der Waals surface area contributed by atoms with Crippen LogP contribution in [0.5, 0.6) is 0 Å². The lowest BCUT2D eigenvalue weighted by Gasteiger charge is -2.00. The zero-order valence-corrected chi connectivity index (χ0v) is 9.98. The molecule has 0 unspecified atom stereocenters. The van der Waals surface area contributed by atoms with Crippen LogP contribution in [0.25, 0.3) is 0 Å². The van der Waals surface area contributed by atoms with Crippen LogP contribution in [0.1, 0.15) is 31.1 Å². The van der Waals surface area contributed by atoms with Crippen LogP contribution in [-0.2, 0) is 11.3 Å². The highest BCUT2D eigenvalue weighted by Crippen LogP contribution is 2.32. The SMILES string of the molecule is CCNc1ncc(COCCC2CC2)s1. The second kappa shape index (κ2) is 5.47. The molecule has 0 bridgehead atoms. The fourth-order valence-electron chi connectivity index (χ4n) is 1.44. The Bertz CT molecular complexity index is 297. The van der Waals surface area contributed by atoms with Crippen molar-refractivity contribution < 1.29 is 4.74 Å². The normalized spacial score (nSPS) is 15.5. The number of hydrogen-bond acceptors (Lipinski definition) is 4. The van der Waals surface area contributed by atoms with Gasteiger partial charge in [-0.1, -0.05) is 24.2 Å². The minimum Gasteiger partial charge on any atom is -0.376 e. The van der Waals surface area contributed by atoms with Crippen molar-refractivity contribution in [2.75, 3.05) is 18.5 Å². The zero-order chi connectivity index (χ0) is 10.5. The Balaban J connectivity index is 1.63. The fraction of sp³-hybridized carbons (Fsp3) is 0.727. The molecule has 4 heteroatoms. The average molecular weight is 226 g/mol. The van der Waals surface area contributed by atoms with E-state index >= 15 is 0 Å². The van der Waals surface area contributed by atoms with Crippen LogP contribution < -0.4 is 5.32 Å². The van der Waals surface area contributed by atoms with Gasteiger partial charge in [-0.05, 0) is 19.3 Å². The molecular weight excluding hydrogens is 208 g/mol. The first-order chi connectivity index (χ1) is 7.38. The summed E-state index contributed by atoms with van der Waals surface area (Å²) >= 11 is 1.68. The number of rotatable bonds is 7. The molecule has 1 fully saturated rings. The van der Waals surface area contributed by atoms with Crippen LogP contribution in [0.3, 0.4) is 0 Å². The van der Waals surface area contributed by atoms with Crippen molar-refractivity contribution >= 4 is 16.5 Å². The number of hydrogen-bond donors (Lipinski definition) is 1. The third kappa shape index (κ3) is 3.80. The van der Waals surface area contributed by atoms with Gasteiger partial charge in [0, 0.05) is 19.3 Å². The lowest BCUT2D eigenvalue weighted by Crippen LogP contribution is -1.94. The van der Waals surface area contributed by atoms with Gasteiger partial charge < -0.3 is 10.1 Å². The molecule has 0 saturated heterocycles. The second-order valence-corrected chi connectivity index (χ2v) is 5.06. The Kier molecular flexibility index (Phi) is 3.97. The van der Waals surface area contributed by atoms with E-state index in [0.717, 1.165) is 30.8 Å². The molecule has 1 N–H and O–H groups in total. The molecule has 3 nitrogen and oxygen atoms in total. The Morgan fingerprint density at radius 1 is 1.60 bits per heavy atom. The van der Waals surface area contributed by atoms with Gasteiger partial charge in [0.1, 0.15) is 0 Å². The van der Waals surface area contributed by atoms with Crippen LogP contribution in [0.4, 0.5) is 5.13 Å². The van der Waals surface area contributed by atoms with Crippen molar-refractivity contribution in [2.45, 2.75) is 32.8 Å². The van der Waals surface area contributed by atoms with Crippen LogP contribution in [0.2, 0.25) is 0 Å². The van der Waals surface area contributed by atoms with Gasteiger partial charge in [0.05, 0.1) is 11.5 Å². The van der Waals surface area contributed by atoms with E-state index in [2.05, 4.69) is 17.2 Å². The summed E-state index contributed by atoms with van der Waals surface area (Å²) in [5.41, 5.74) is 0. The van der Waals surface area contributed by atoms with E-state index in [1.54, 1.807) is 11.3 Å². The van der Waals surface area contributed by atoms with Gasteiger partial charge in [0.2, 0.25) is 0 Å². The minimum atomic E-state index is 0.718. The number of aromatic nitrogens is 1. The largest absolute Gasteiger partial charge is 0.376 e. The first-order valence-electron chi connectivity index (χ1n) is 5.65. The van der Waals surface area contributed by atoms with Crippen LogP contribution in [-0.4, -0.2) is 18.1 Å². The Morgan fingerprint density at radius 2 is 2.47 bits per heavy atom. The highest BCUT2D eigenvalue weighted by atomic mass is 32.1. The van der Waals surface area contributed by atoms with Crippen LogP contribution in [0, 0.1) is 5.92 Å². The molecule has 1 saturated carbocycles. The maximum absolute atomic E-state index is 5.60. The van der Waals surface area contributed by atoms with E-state index in [0.29, 0.717) is 0 Å². The summed E-state index contributed by atoms with van der Waals surface area (Å²) in [6, 6.07) is 0. The third-order valence-corrected chi connectivity index (χ3v) is 3.42. The first kappa shape index (κ1) is 10.9.